The zero-order valence-corrected chi connectivity index (χ0v) is 9.76. The highest BCUT2D eigenvalue weighted by Crippen LogP contribution is 2.12. The molecule has 0 aliphatic heterocycles. The minimum atomic E-state index is 0.742. The number of nitriles is 1. The number of hydrogen-bond acceptors (Lipinski definition) is 3. The van der Waals surface area contributed by atoms with Gasteiger partial charge >= 0.3 is 0 Å². The molecule has 3 heteroatoms. The summed E-state index contributed by atoms with van der Waals surface area (Å²) in [7, 11) is 2.03. The lowest BCUT2D eigenvalue weighted by molar-refractivity contribution is 0.317. The van der Waals surface area contributed by atoms with Gasteiger partial charge in [-0.05, 0) is 24.7 Å². The highest BCUT2D eigenvalue weighted by atomic mass is 16.3. The molecule has 0 radical (unpaired) electrons. The molecular weight excluding hydrogens is 212 g/mol. The van der Waals surface area contributed by atoms with Crippen LogP contribution in [0.15, 0.2) is 47.3 Å². The third kappa shape index (κ3) is 2.96. The molecule has 0 aliphatic rings. The number of nitrogens with zero attached hydrogens (tertiary/aromatic N) is 2. The maximum atomic E-state index is 9.00. The topological polar surface area (TPSA) is 40.2 Å². The Bertz CT molecular complexity index is 511. The van der Waals surface area contributed by atoms with Gasteiger partial charge in [0.2, 0.25) is 0 Å². The van der Waals surface area contributed by atoms with Crippen LogP contribution in [0.2, 0.25) is 0 Å². The molecule has 1 aromatic heterocycles. The van der Waals surface area contributed by atoms with Crippen molar-refractivity contribution >= 4 is 0 Å². The van der Waals surface area contributed by atoms with Crippen LogP contribution >= 0.6 is 0 Å². The molecule has 0 fully saturated rings. The van der Waals surface area contributed by atoms with Crippen LogP contribution in [0.3, 0.4) is 0 Å². The van der Waals surface area contributed by atoms with E-state index in [-0.39, 0.29) is 0 Å². The second kappa shape index (κ2) is 5.33. The second-order valence-electron chi connectivity index (χ2n) is 4.07. The molecule has 0 saturated carbocycles. The van der Waals surface area contributed by atoms with E-state index in [0.29, 0.717) is 0 Å². The molecule has 17 heavy (non-hydrogen) atoms. The summed E-state index contributed by atoms with van der Waals surface area (Å²) in [6.07, 6.45) is 3.42. The van der Waals surface area contributed by atoms with E-state index in [4.69, 9.17) is 9.68 Å². The average Bonchev–Trinajstić information content (AvgIpc) is 2.82. The first-order chi connectivity index (χ1) is 8.29. The fourth-order valence-electron chi connectivity index (χ4n) is 1.81. The van der Waals surface area contributed by atoms with Crippen LogP contribution in [-0.2, 0) is 13.1 Å². The van der Waals surface area contributed by atoms with Gasteiger partial charge in [0.25, 0.3) is 0 Å². The monoisotopic (exact) mass is 226 g/mol. The average molecular weight is 226 g/mol. The van der Waals surface area contributed by atoms with E-state index < -0.39 is 0 Å². The molecule has 0 unspecified atom stereocenters. The summed E-state index contributed by atoms with van der Waals surface area (Å²) in [5, 5.41) is 9.00. The smallest absolute Gasteiger partial charge is 0.0995 e. The van der Waals surface area contributed by atoms with E-state index in [9.17, 15) is 0 Å². The summed E-state index contributed by atoms with van der Waals surface area (Å²) in [6.45, 7) is 1.57. The third-order valence-electron chi connectivity index (χ3n) is 2.61. The van der Waals surface area contributed by atoms with Gasteiger partial charge in [0.1, 0.15) is 0 Å². The van der Waals surface area contributed by atoms with Crippen LogP contribution in [0.5, 0.6) is 0 Å². The lowest BCUT2D eigenvalue weighted by Gasteiger charge is -2.16. The van der Waals surface area contributed by atoms with Crippen molar-refractivity contribution in [3.63, 3.8) is 0 Å². The molecule has 86 valence electrons. The summed E-state index contributed by atoms with van der Waals surface area (Å²) in [6, 6.07) is 11.9. The van der Waals surface area contributed by atoms with Gasteiger partial charge in [-0.3, -0.25) is 4.90 Å². The Balaban J connectivity index is 2.03. The van der Waals surface area contributed by atoms with Gasteiger partial charge in [0.05, 0.1) is 24.2 Å². The molecule has 3 nitrogen and oxygen atoms in total. The van der Waals surface area contributed by atoms with Crippen LogP contribution in [-0.4, -0.2) is 11.9 Å². The SMILES string of the molecule is CN(Cc1ccoc1)Cc1ccccc1C#N. The minimum Gasteiger partial charge on any atom is -0.472 e. The van der Waals surface area contributed by atoms with Crippen LogP contribution in [0.25, 0.3) is 0 Å². The van der Waals surface area contributed by atoms with E-state index in [0.717, 1.165) is 29.8 Å². The van der Waals surface area contributed by atoms with Gasteiger partial charge in [-0.2, -0.15) is 5.26 Å². The molecule has 0 atom stereocenters. The predicted molar refractivity (Wildman–Crippen MR) is 65.0 cm³/mol. The zero-order valence-electron chi connectivity index (χ0n) is 9.76. The van der Waals surface area contributed by atoms with Crippen molar-refractivity contribution in [2.75, 3.05) is 7.05 Å². The normalized spacial score (nSPS) is 10.4. The first kappa shape index (κ1) is 11.4. The third-order valence-corrected chi connectivity index (χ3v) is 2.61. The van der Waals surface area contributed by atoms with E-state index in [2.05, 4.69) is 11.0 Å². The minimum absolute atomic E-state index is 0.742. The lowest BCUT2D eigenvalue weighted by atomic mass is 10.1. The summed E-state index contributed by atoms with van der Waals surface area (Å²) in [5.74, 6) is 0. The second-order valence-corrected chi connectivity index (χ2v) is 4.07. The Hall–Kier alpha value is -2.05. The number of benzene rings is 1. The molecule has 0 N–H and O–H groups in total. The van der Waals surface area contributed by atoms with Crippen LogP contribution in [0, 0.1) is 11.3 Å². The maximum absolute atomic E-state index is 9.00. The molecule has 0 bridgehead atoms. The van der Waals surface area contributed by atoms with Crippen molar-refractivity contribution in [2.24, 2.45) is 0 Å². The van der Waals surface area contributed by atoms with Gasteiger partial charge < -0.3 is 4.42 Å². The van der Waals surface area contributed by atoms with Crippen molar-refractivity contribution in [3.05, 3.63) is 59.5 Å². The zero-order chi connectivity index (χ0) is 12.1. The fourth-order valence-corrected chi connectivity index (χ4v) is 1.81. The molecule has 2 aromatic rings. The molecule has 0 spiro atoms. The number of rotatable bonds is 4. The summed E-state index contributed by atoms with van der Waals surface area (Å²) < 4.78 is 5.03. The molecule has 0 saturated heterocycles. The van der Waals surface area contributed by atoms with Gasteiger partial charge in [-0.15, -0.1) is 0 Å². The molecule has 2 rings (SSSR count). The van der Waals surface area contributed by atoms with Crippen molar-refractivity contribution < 1.29 is 4.42 Å². The lowest BCUT2D eigenvalue weighted by Crippen LogP contribution is -2.17. The molecular formula is C14H14N2O. The van der Waals surface area contributed by atoms with Crippen molar-refractivity contribution in [1.29, 1.82) is 5.26 Å². The van der Waals surface area contributed by atoms with E-state index in [1.54, 1.807) is 12.5 Å². The number of hydrogen-bond donors (Lipinski definition) is 0. The van der Waals surface area contributed by atoms with Gasteiger partial charge in [-0.25, -0.2) is 0 Å². The Morgan fingerprint density at radius 2 is 2.06 bits per heavy atom. The molecule has 0 aliphatic carbocycles. The first-order valence-corrected chi connectivity index (χ1v) is 5.47. The predicted octanol–water partition coefficient (Wildman–Crippen LogP) is 2.78. The molecule has 0 amide bonds. The summed E-state index contributed by atoms with van der Waals surface area (Å²) >= 11 is 0. The standard InChI is InChI=1S/C14H14N2O/c1-16(9-12-6-7-17-11-12)10-14-5-3-2-4-13(14)8-15/h2-7,11H,9-10H2,1H3. The van der Waals surface area contributed by atoms with Gasteiger partial charge in [0, 0.05) is 18.7 Å². The first-order valence-electron chi connectivity index (χ1n) is 5.47. The Morgan fingerprint density at radius 1 is 1.24 bits per heavy atom. The fraction of sp³-hybridized carbons (Fsp3) is 0.214. The largest absolute Gasteiger partial charge is 0.472 e. The van der Waals surface area contributed by atoms with E-state index in [1.807, 2.05) is 37.4 Å². The van der Waals surface area contributed by atoms with Crippen molar-refractivity contribution in [1.82, 2.24) is 4.90 Å². The van der Waals surface area contributed by atoms with Crippen LogP contribution < -0.4 is 0 Å². The quantitative estimate of drug-likeness (QED) is 0.804. The molecule has 1 heterocycles. The highest BCUT2D eigenvalue weighted by Gasteiger charge is 2.06. The molecule has 1 aromatic carbocycles. The Kier molecular flexibility index (Phi) is 3.59. The van der Waals surface area contributed by atoms with Crippen molar-refractivity contribution in [3.8, 4) is 6.07 Å². The highest BCUT2D eigenvalue weighted by molar-refractivity contribution is 5.37. The maximum Gasteiger partial charge on any atom is 0.0995 e. The van der Waals surface area contributed by atoms with Crippen molar-refractivity contribution in [2.45, 2.75) is 13.1 Å². The van der Waals surface area contributed by atoms with Gasteiger partial charge in [0.15, 0.2) is 0 Å². The number of furan rings is 1. The van der Waals surface area contributed by atoms with E-state index in [1.165, 1.54) is 0 Å². The summed E-state index contributed by atoms with van der Waals surface area (Å²) in [5.41, 5.74) is 2.94. The Labute approximate surface area is 101 Å². The van der Waals surface area contributed by atoms with Crippen LogP contribution in [0.4, 0.5) is 0 Å². The van der Waals surface area contributed by atoms with Gasteiger partial charge in [-0.1, -0.05) is 18.2 Å². The van der Waals surface area contributed by atoms with Crippen LogP contribution in [0.1, 0.15) is 16.7 Å². The Morgan fingerprint density at radius 3 is 2.76 bits per heavy atom. The summed E-state index contributed by atoms with van der Waals surface area (Å²) in [4.78, 5) is 2.15. The van der Waals surface area contributed by atoms with E-state index >= 15 is 0 Å².